The number of aliphatic hydroxyl groups is 2. The van der Waals surface area contributed by atoms with Gasteiger partial charge in [-0.1, -0.05) is 18.3 Å². The fraction of sp³-hybridized carbons (Fsp3) is 0.571. The van der Waals surface area contributed by atoms with E-state index in [1.807, 2.05) is 5.38 Å². The predicted octanol–water partition coefficient (Wildman–Crippen LogP) is 1.44. The highest BCUT2D eigenvalue weighted by Crippen LogP contribution is 2.22. The lowest BCUT2D eigenvalue weighted by molar-refractivity contribution is 0.0850. The van der Waals surface area contributed by atoms with E-state index in [9.17, 15) is 5.11 Å². The molecule has 0 aliphatic carbocycles. The zero-order valence-corrected chi connectivity index (χ0v) is 11.2. The second-order valence-electron chi connectivity index (χ2n) is 4.56. The quantitative estimate of drug-likeness (QED) is 0.813. The van der Waals surface area contributed by atoms with Crippen molar-refractivity contribution in [1.82, 2.24) is 4.90 Å². The van der Waals surface area contributed by atoms with Crippen LogP contribution in [0.5, 0.6) is 0 Å². The van der Waals surface area contributed by atoms with Crippen LogP contribution in [0.3, 0.4) is 0 Å². The average Bonchev–Trinajstić information content (AvgIpc) is 2.84. The summed E-state index contributed by atoms with van der Waals surface area (Å²) in [7, 11) is 0. The Morgan fingerprint density at radius 2 is 2.28 bits per heavy atom. The van der Waals surface area contributed by atoms with Gasteiger partial charge in [0, 0.05) is 28.4 Å². The van der Waals surface area contributed by atoms with Crippen molar-refractivity contribution in [2.75, 3.05) is 19.8 Å². The molecule has 0 saturated carbocycles. The Morgan fingerprint density at radius 1 is 1.39 bits per heavy atom. The van der Waals surface area contributed by atoms with Crippen LogP contribution in [0.15, 0.2) is 11.4 Å². The van der Waals surface area contributed by atoms with Crippen molar-refractivity contribution >= 4 is 11.3 Å². The third kappa shape index (κ3) is 3.56. The molecule has 0 aromatic carbocycles. The van der Waals surface area contributed by atoms with Gasteiger partial charge >= 0.3 is 0 Å². The van der Waals surface area contributed by atoms with Crippen molar-refractivity contribution in [3.8, 4) is 11.8 Å². The Morgan fingerprint density at radius 3 is 3.06 bits per heavy atom. The van der Waals surface area contributed by atoms with E-state index in [0.29, 0.717) is 6.04 Å². The molecule has 18 heavy (non-hydrogen) atoms. The number of likely N-dealkylation sites (tertiary alicyclic amines) is 1. The molecule has 1 aliphatic rings. The van der Waals surface area contributed by atoms with Gasteiger partial charge in [0.1, 0.15) is 6.61 Å². The summed E-state index contributed by atoms with van der Waals surface area (Å²) in [5.41, 5.74) is 0.974. The van der Waals surface area contributed by atoms with Gasteiger partial charge in [0.25, 0.3) is 0 Å². The van der Waals surface area contributed by atoms with Gasteiger partial charge in [-0.3, -0.25) is 4.90 Å². The van der Waals surface area contributed by atoms with Crippen molar-refractivity contribution in [2.24, 2.45) is 0 Å². The molecular weight excluding hydrogens is 246 g/mol. The molecule has 0 amide bonds. The molecule has 1 fully saturated rings. The van der Waals surface area contributed by atoms with Crippen molar-refractivity contribution in [2.45, 2.75) is 31.8 Å². The highest BCUT2D eigenvalue weighted by molar-refractivity contribution is 7.10. The Kier molecular flexibility index (Phi) is 5.21. The zero-order chi connectivity index (χ0) is 12.8. The van der Waals surface area contributed by atoms with Gasteiger partial charge in [0.05, 0.1) is 6.61 Å². The van der Waals surface area contributed by atoms with Gasteiger partial charge in [0.15, 0.2) is 0 Å². The minimum atomic E-state index is -0.0934. The summed E-state index contributed by atoms with van der Waals surface area (Å²) < 4.78 is 0. The summed E-state index contributed by atoms with van der Waals surface area (Å²) >= 11 is 1.70. The first-order chi connectivity index (χ1) is 8.83. The first-order valence-corrected chi connectivity index (χ1v) is 7.23. The smallest absolute Gasteiger partial charge is 0.104 e. The van der Waals surface area contributed by atoms with E-state index in [-0.39, 0.29) is 13.2 Å². The van der Waals surface area contributed by atoms with Gasteiger partial charge in [-0.05, 0) is 25.5 Å². The number of nitrogens with zero attached hydrogens (tertiary/aromatic N) is 1. The van der Waals surface area contributed by atoms with Crippen molar-refractivity contribution < 1.29 is 10.2 Å². The molecule has 1 unspecified atom stereocenters. The molecule has 1 aromatic rings. The maximum Gasteiger partial charge on any atom is 0.104 e. The molecule has 1 aliphatic heterocycles. The number of aliphatic hydroxyl groups excluding tert-OH is 2. The topological polar surface area (TPSA) is 43.7 Å². The molecule has 0 spiro atoms. The predicted molar refractivity (Wildman–Crippen MR) is 73.4 cm³/mol. The third-order valence-electron chi connectivity index (χ3n) is 3.28. The Hall–Kier alpha value is -0.860. The lowest BCUT2D eigenvalue weighted by Crippen LogP contribution is -2.40. The van der Waals surface area contributed by atoms with Crippen LogP contribution in [0, 0.1) is 11.8 Å². The summed E-state index contributed by atoms with van der Waals surface area (Å²) in [5.74, 6) is 5.58. The second kappa shape index (κ2) is 6.91. The van der Waals surface area contributed by atoms with E-state index < -0.39 is 0 Å². The Balaban J connectivity index is 1.97. The van der Waals surface area contributed by atoms with Crippen LogP contribution in [0.2, 0.25) is 0 Å². The minimum absolute atomic E-state index is 0.0934. The average molecular weight is 265 g/mol. The maximum atomic E-state index is 9.37. The van der Waals surface area contributed by atoms with Gasteiger partial charge in [-0.15, -0.1) is 11.3 Å². The molecule has 1 aromatic heterocycles. The molecule has 0 bridgehead atoms. The highest BCUT2D eigenvalue weighted by atomic mass is 32.1. The Labute approximate surface area is 112 Å². The van der Waals surface area contributed by atoms with Crippen LogP contribution in [-0.2, 0) is 6.54 Å². The molecular formula is C14H19NO2S. The van der Waals surface area contributed by atoms with Crippen LogP contribution in [0.25, 0.3) is 0 Å². The fourth-order valence-electron chi connectivity index (χ4n) is 2.35. The van der Waals surface area contributed by atoms with E-state index in [1.165, 1.54) is 17.7 Å². The van der Waals surface area contributed by atoms with E-state index >= 15 is 0 Å². The lowest BCUT2D eigenvalue weighted by atomic mass is 10.0. The van der Waals surface area contributed by atoms with Crippen LogP contribution in [0.1, 0.15) is 29.7 Å². The molecule has 98 valence electrons. The standard InChI is InChI=1S/C14H19NO2S/c16-7-3-4-12-8-14(18-11-12)9-15-6-2-1-5-13(15)10-17/h8,11,13,16-17H,1-2,5-7,9-10H2. The number of hydrogen-bond acceptors (Lipinski definition) is 4. The first-order valence-electron chi connectivity index (χ1n) is 6.35. The number of piperidine rings is 1. The molecule has 3 nitrogen and oxygen atoms in total. The highest BCUT2D eigenvalue weighted by Gasteiger charge is 2.21. The van der Waals surface area contributed by atoms with Gasteiger partial charge in [0.2, 0.25) is 0 Å². The van der Waals surface area contributed by atoms with Crippen LogP contribution in [0.4, 0.5) is 0 Å². The van der Waals surface area contributed by atoms with Gasteiger partial charge in [-0.2, -0.15) is 0 Å². The minimum Gasteiger partial charge on any atom is -0.395 e. The van der Waals surface area contributed by atoms with Crippen molar-refractivity contribution in [3.05, 3.63) is 21.9 Å². The Bertz CT molecular complexity index is 432. The van der Waals surface area contributed by atoms with E-state index in [0.717, 1.165) is 25.1 Å². The van der Waals surface area contributed by atoms with Crippen molar-refractivity contribution in [1.29, 1.82) is 0 Å². The lowest BCUT2D eigenvalue weighted by Gasteiger charge is -2.34. The zero-order valence-electron chi connectivity index (χ0n) is 10.4. The largest absolute Gasteiger partial charge is 0.395 e. The van der Waals surface area contributed by atoms with Gasteiger partial charge in [-0.25, -0.2) is 0 Å². The molecule has 2 N–H and O–H groups in total. The summed E-state index contributed by atoms with van der Waals surface area (Å²) in [6, 6.07) is 2.39. The third-order valence-corrected chi connectivity index (χ3v) is 4.21. The molecule has 1 atom stereocenters. The summed E-state index contributed by atoms with van der Waals surface area (Å²) in [6.45, 7) is 2.13. The number of thiophene rings is 1. The first kappa shape index (κ1) is 13.6. The summed E-state index contributed by atoms with van der Waals surface area (Å²) in [5, 5.41) is 20.1. The van der Waals surface area contributed by atoms with Crippen LogP contribution in [-0.4, -0.2) is 40.9 Å². The number of rotatable bonds is 3. The molecule has 2 heterocycles. The molecule has 2 rings (SSSR count). The van der Waals surface area contributed by atoms with E-state index in [2.05, 4.69) is 22.8 Å². The van der Waals surface area contributed by atoms with Crippen LogP contribution < -0.4 is 0 Å². The summed E-state index contributed by atoms with van der Waals surface area (Å²) in [6.07, 6.45) is 3.54. The monoisotopic (exact) mass is 265 g/mol. The normalized spacial score (nSPS) is 20.4. The van der Waals surface area contributed by atoms with Crippen molar-refractivity contribution in [3.63, 3.8) is 0 Å². The molecule has 4 heteroatoms. The molecule has 0 radical (unpaired) electrons. The maximum absolute atomic E-state index is 9.37. The SMILES string of the molecule is OCC#Cc1csc(CN2CCCCC2CO)c1. The fourth-order valence-corrected chi connectivity index (χ4v) is 3.19. The number of hydrogen-bond donors (Lipinski definition) is 2. The van der Waals surface area contributed by atoms with E-state index in [4.69, 9.17) is 5.11 Å². The van der Waals surface area contributed by atoms with E-state index in [1.54, 1.807) is 11.3 Å². The van der Waals surface area contributed by atoms with Gasteiger partial charge < -0.3 is 10.2 Å². The second-order valence-corrected chi connectivity index (χ2v) is 5.56. The summed E-state index contributed by atoms with van der Waals surface area (Å²) in [4.78, 5) is 3.64. The van der Waals surface area contributed by atoms with Crippen LogP contribution >= 0.6 is 11.3 Å². The molecule has 1 saturated heterocycles.